The number of ether oxygens (including phenoxy) is 1. The lowest BCUT2D eigenvalue weighted by Crippen LogP contribution is -2.44. The van der Waals surface area contributed by atoms with E-state index in [1.54, 1.807) is 17.7 Å². The number of hydrogen-bond acceptors (Lipinski definition) is 9. The van der Waals surface area contributed by atoms with Crippen LogP contribution in [-0.4, -0.2) is 71.7 Å². The third-order valence-electron chi connectivity index (χ3n) is 7.41. The minimum absolute atomic E-state index is 0.164. The summed E-state index contributed by atoms with van der Waals surface area (Å²) in [5.41, 5.74) is 6.36. The van der Waals surface area contributed by atoms with Gasteiger partial charge in [-0.25, -0.2) is 19.6 Å². The Kier molecular flexibility index (Phi) is 7.24. The molecule has 0 radical (unpaired) electrons. The van der Waals surface area contributed by atoms with Crippen LogP contribution in [0.2, 0.25) is 0 Å². The first kappa shape index (κ1) is 25.2. The van der Waals surface area contributed by atoms with E-state index in [0.717, 1.165) is 79.4 Å². The molecule has 0 saturated carbocycles. The number of aliphatic hydroxyl groups is 1. The zero-order valence-electron chi connectivity index (χ0n) is 21.9. The van der Waals surface area contributed by atoms with Crippen molar-refractivity contribution in [2.45, 2.75) is 58.7 Å². The summed E-state index contributed by atoms with van der Waals surface area (Å²) >= 11 is 1.56. The first-order valence-electron chi connectivity index (χ1n) is 13.3. The molecule has 0 aromatic carbocycles. The van der Waals surface area contributed by atoms with Crippen molar-refractivity contribution in [2.75, 3.05) is 31.6 Å². The minimum atomic E-state index is -0.164. The zero-order chi connectivity index (χ0) is 26.1. The number of pyridine rings is 1. The van der Waals surface area contributed by atoms with Crippen molar-refractivity contribution in [1.82, 2.24) is 34.2 Å². The number of hydrogen-bond donors (Lipinski definition) is 2. The number of imidazole rings is 1. The summed E-state index contributed by atoms with van der Waals surface area (Å²) in [6.45, 7) is 8.38. The highest BCUT2D eigenvalue weighted by Crippen LogP contribution is 2.33. The van der Waals surface area contributed by atoms with Gasteiger partial charge in [-0.1, -0.05) is 0 Å². The van der Waals surface area contributed by atoms with Crippen LogP contribution < -0.4 is 5.32 Å². The molecule has 1 fully saturated rings. The molecule has 1 saturated heterocycles. The fourth-order valence-electron chi connectivity index (χ4n) is 5.35. The Bertz CT molecular complexity index is 1400. The molecule has 6 rings (SSSR count). The van der Waals surface area contributed by atoms with Crippen LogP contribution in [0.15, 0.2) is 30.0 Å². The van der Waals surface area contributed by atoms with Crippen LogP contribution in [0.5, 0.6) is 0 Å². The van der Waals surface area contributed by atoms with E-state index in [9.17, 15) is 5.11 Å². The number of aryl methyl sites for hydroxylation is 2. The van der Waals surface area contributed by atoms with Crippen LogP contribution in [0.4, 0.5) is 10.9 Å². The van der Waals surface area contributed by atoms with Crippen LogP contribution in [0.1, 0.15) is 42.4 Å². The van der Waals surface area contributed by atoms with Gasteiger partial charge in [0, 0.05) is 36.3 Å². The van der Waals surface area contributed by atoms with Gasteiger partial charge in [0.05, 0.1) is 61.2 Å². The number of rotatable bonds is 8. The van der Waals surface area contributed by atoms with E-state index in [0.29, 0.717) is 11.7 Å². The second-order valence-corrected chi connectivity index (χ2v) is 10.9. The van der Waals surface area contributed by atoms with Crippen molar-refractivity contribution in [1.29, 1.82) is 0 Å². The van der Waals surface area contributed by atoms with Crippen LogP contribution in [0.25, 0.3) is 17.1 Å². The average molecular weight is 535 g/mol. The molecule has 1 unspecified atom stereocenters. The van der Waals surface area contributed by atoms with E-state index in [2.05, 4.69) is 26.8 Å². The molecule has 4 aromatic rings. The lowest BCUT2D eigenvalue weighted by atomic mass is 9.97. The number of aromatic nitrogens is 6. The van der Waals surface area contributed by atoms with E-state index in [4.69, 9.17) is 19.8 Å². The maximum atomic E-state index is 10.00. The van der Waals surface area contributed by atoms with E-state index in [1.807, 2.05) is 35.2 Å². The first-order valence-corrected chi connectivity index (χ1v) is 14.2. The highest BCUT2D eigenvalue weighted by Gasteiger charge is 2.25. The van der Waals surface area contributed by atoms with E-state index >= 15 is 0 Å². The quantitative estimate of drug-likeness (QED) is 0.352. The van der Waals surface area contributed by atoms with Gasteiger partial charge in [0.2, 0.25) is 0 Å². The summed E-state index contributed by atoms with van der Waals surface area (Å²) in [7, 11) is 0. The maximum Gasteiger partial charge on any atom is 0.188 e. The molecule has 1 aliphatic heterocycles. The third kappa shape index (κ3) is 5.11. The van der Waals surface area contributed by atoms with Gasteiger partial charge in [0.1, 0.15) is 11.5 Å². The molecule has 200 valence electrons. The molecular formula is C27H34N8O2S. The largest absolute Gasteiger partial charge is 0.390 e. The number of nitrogens with one attached hydrogen (secondary N) is 1. The first-order chi connectivity index (χ1) is 18.6. The minimum Gasteiger partial charge on any atom is -0.390 e. The normalized spacial score (nSPS) is 16.9. The zero-order valence-corrected chi connectivity index (χ0v) is 22.7. The summed E-state index contributed by atoms with van der Waals surface area (Å²) < 4.78 is 9.58. The van der Waals surface area contributed by atoms with Gasteiger partial charge < -0.3 is 19.7 Å². The number of fused-ring (bicyclic) bond motifs is 1. The van der Waals surface area contributed by atoms with E-state index in [1.165, 1.54) is 24.1 Å². The van der Waals surface area contributed by atoms with E-state index in [-0.39, 0.29) is 6.61 Å². The Labute approximate surface area is 226 Å². The monoisotopic (exact) mass is 534 g/mol. The van der Waals surface area contributed by atoms with E-state index < -0.39 is 0 Å². The van der Waals surface area contributed by atoms with Gasteiger partial charge in [-0.05, 0) is 51.7 Å². The molecule has 4 aromatic heterocycles. The number of thiazole rings is 1. The van der Waals surface area contributed by atoms with Crippen molar-refractivity contribution < 1.29 is 9.84 Å². The van der Waals surface area contributed by atoms with Crippen molar-refractivity contribution in [3.05, 3.63) is 52.7 Å². The van der Waals surface area contributed by atoms with Gasteiger partial charge in [-0.2, -0.15) is 5.10 Å². The number of nitrogens with zero attached hydrogens (tertiary/aromatic N) is 7. The van der Waals surface area contributed by atoms with Gasteiger partial charge in [-0.3, -0.25) is 4.90 Å². The highest BCUT2D eigenvalue weighted by molar-refractivity contribution is 7.14. The number of aliphatic hydroxyl groups excluding tert-OH is 1. The van der Waals surface area contributed by atoms with Crippen molar-refractivity contribution in [3.63, 3.8) is 0 Å². The van der Waals surface area contributed by atoms with Gasteiger partial charge in [-0.15, -0.1) is 11.3 Å². The fraction of sp³-hybridized carbons (Fsp3) is 0.481. The number of anilines is 2. The SMILES string of the molecule is Cc1cn(-c2ccc(-c3csc(Nc4c5c(nn4CC(C)N4CCOCC4)CCCC5)n3)nc2CO)cn1. The predicted octanol–water partition coefficient (Wildman–Crippen LogP) is 3.73. The van der Waals surface area contributed by atoms with Gasteiger partial charge >= 0.3 is 0 Å². The summed E-state index contributed by atoms with van der Waals surface area (Å²) in [5, 5.41) is 21.5. The van der Waals surface area contributed by atoms with Crippen LogP contribution in [-0.2, 0) is 30.7 Å². The summed E-state index contributed by atoms with van der Waals surface area (Å²) in [4.78, 5) is 16.4. The standard InChI is InChI=1S/C27H34N8O2S/c1-18-13-34(17-28-18)25-8-7-22(29-23(25)15-36)24-16-38-27(30-24)31-26-20-5-3-4-6-21(20)32-35(26)14-19(2)33-9-11-37-12-10-33/h7-8,13,16-17,19,36H,3-6,9-12,14-15H2,1-2H3,(H,30,31). The molecule has 11 heteroatoms. The van der Waals surface area contributed by atoms with Crippen LogP contribution in [0.3, 0.4) is 0 Å². The molecule has 0 bridgehead atoms. The summed E-state index contributed by atoms with van der Waals surface area (Å²) in [5.74, 6) is 1.07. The second-order valence-electron chi connectivity index (χ2n) is 10.1. The lowest BCUT2D eigenvalue weighted by Gasteiger charge is -2.32. The molecule has 1 atom stereocenters. The van der Waals surface area contributed by atoms with Crippen molar-refractivity contribution in [3.8, 4) is 17.1 Å². The molecule has 2 aliphatic rings. The van der Waals surface area contributed by atoms with Crippen molar-refractivity contribution >= 4 is 22.3 Å². The Morgan fingerprint density at radius 3 is 2.76 bits per heavy atom. The molecule has 1 aliphatic carbocycles. The Balaban J connectivity index is 1.25. The third-order valence-corrected chi connectivity index (χ3v) is 8.17. The van der Waals surface area contributed by atoms with Gasteiger partial charge in [0.25, 0.3) is 0 Å². The topological polar surface area (TPSA) is 106 Å². The van der Waals surface area contributed by atoms with Gasteiger partial charge in [0.15, 0.2) is 5.13 Å². The molecule has 2 N–H and O–H groups in total. The second kappa shape index (κ2) is 10.9. The van der Waals surface area contributed by atoms with Crippen molar-refractivity contribution in [2.24, 2.45) is 0 Å². The number of morpholine rings is 1. The Hall–Kier alpha value is -3.12. The molecule has 0 amide bonds. The Morgan fingerprint density at radius 1 is 1.13 bits per heavy atom. The smallest absolute Gasteiger partial charge is 0.188 e. The van der Waals surface area contributed by atoms with Crippen LogP contribution >= 0.6 is 11.3 Å². The Morgan fingerprint density at radius 2 is 1.97 bits per heavy atom. The molecule has 38 heavy (non-hydrogen) atoms. The maximum absolute atomic E-state index is 10.00. The molecule has 0 spiro atoms. The molecule has 5 heterocycles. The summed E-state index contributed by atoms with van der Waals surface area (Å²) in [6.07, 6.45) is 8.11. The van der Waals surface area contributed by atoms with Crippen LogP contribution in [0, 0.1) is 6.92 Å². The fourth-order valence-corrected chi connectivity index (χ4v) is 6.06. The highest BCUT2D eigenvalue weighted by atomic mass is 32.1. The summed E-state index contributed by atoms with van der Waals surface area (Å²) in [6, 6.07) is 4.27. The molecule has 10 nitrogen and oxygen atoms in total. The average Bonchev–Trinajstić information content (AvgIpc) is 3.68. The lowest BCUT2D eigenvalue weighted by molar-refractivity contribution is 0.0164. The predicted molar refractivity (Wildman–Crippen MR) is 147 cm³/mol. The molecular weight excluding hydrogens is 500 g/mol.